The maximum absolute atomic E-state index is 13.0. The Hall–Kier alpha value is -2.15. The highest BCUT2D eigenvalue weighted by molar-refractivity contribution is 9.10. The molecular weight excluding hydrogens is 484 g/mol. The van der Waals surface area contributed by atoms with Gasteiger partial charge in [0.05, 0.1) is 10.9 Å². The highest BCUT2D eigenvalue weighted by Crippen LogP contribution is 2.36. The van der Waals surface area contributed by atoms with Gasteiger partial charge in [-0.05, 0) is 67.1 Å². The Labute approximate surface area is 191 Å². The van der Waals surface area contributed by atoms with Crippen LogP contribution in [0.4, 0.5) is 0 Å². The molecule has 4 nitrogen and oxygen atoms in total. The molecule has 7 heteroatoms. The standard InChI is InChI=1S/C23H18BrClN2O2S/c24-14-7-10-18(29-12-13-5-8-15(25)9-6-13)17(11-14)21-26-22(28)20-16-3-1-2-4-19(16)30-23(20)27-21/h5-11H,1-4,12H2,(H,26,27,28). The summed E-state index contributed by atoms with van der Waals surface area (Å²) in [4.78, 5) is 22.9. The lowest BCUT2D eigenvalue weighted by Crippen LogP contribution is -2.11. The fourth-order valence-corrected chi connectivity index (χ4v) is 5.60. The maximum Gasteiger partial charge on any atom is 0.260 e. The predicted molar refractivity (Wildman–Crippen MR) is 126 cm³/mol. The van der Waals surface area contributed by atoms with Gasteiger partial charge in [0, 0.05) is 14.4 Å². The molecule has 0 radical (unpaired) electrons. The number of aryl methyl sites for hydroxylation is 2. The molecule has 0 unspecified atom stereocenters. The predicted octanol–water partition coefficient (Wildman–Crippen LogP) is 6.53. The molecule has 0 fully saturated rings. The summed E-state index contributed by atoms with van der Waals surface area (Å²) in [6.45, 7) is 0.394. The van der Waals surface area contributed by atoms with Gasteiger partial charge in [0.25, 0.3) is 5.56 Å². The van der Waals surface area contributed by atoms with E-state index in [9.17, 15) is 4.79 Å². The van der Waals surface area contributed by atoms with Crippen LogP contribution in [-0.4, -0.2) is 9.97 Å². The van der Waals surface area contributed by atoms with Crippen molar-refractivity contribution in [2.45, 2.75) is 32.3 Å². The first kappa shape index (κ1) is 19.8. The number of aromatic nitrogens is 2. The Bertz CT molecular complexity index is 1300. The lowest BCUT2D eigenvalue weighted by Gasteiger charge is -2.12. The molecule has 1 aliphatic rings. The van der Waals surface area contributed by atoms with Crippen LogP contribution in [0.3, 0.4) is 0 Å². The van der Waals surface area contributed by atoms with Crippen LogP contribution in [0.25, 0.3) is 21.6 Å². The van der Waals surface area contributed by atoms with E-state index in [4.69, 9.17) is 21.3 Å². The second-order valence-corrected chi connectivity index (χ2v) is 9.80. The van der Waals surface area contributed by atoms with E-state index in [2.05, 4.69) is 20.9 Å². The number of thiophene rings is 1. The van der Waals surface area contributed by atoms with Crippen LogP contribution < -0.4 is 10.3 Å². The van der Waals surface area contributed by atoms with Crippen LogP contribution in [0, 0.1) is 0 Å². The van der Waals surface area contributed by atoms with Crippen molar-refractivity contribution in [3.8, 4) is 17.1 Å². The molecular formula is C23H18BrClN2O2S. The summed E-state index contributed by atoms with van der Waals surface area (Å²) in [5, 5.41) is 1.45. The Kier molecular flexibility index (Phi) is 5.39. The van der Waals surface area contributed by atoms with Crippen molar-refractivity contribution in [3.63, 3.8) is 0 Å². The molecule has 0 saturated carbocycles. The SMILES string of the molecule is O=c1[nH]c(-c2cc(Br)ccc2OCc2ccc(Cl)cc2)nc2sc3c(c12)CCCC3. The van der Waals surface area contributed by atoms with Crippen molar-refractivity contribution in [1.29, 1.82) is 0 Å². The van der Waals surface area contributed by atoms with Crippen molar-refractivity contribution in [2.24, 2.45) is 0 Å². The number of halogens is 2. The molecule has 0 saturated heterocycles. The van der Waals surface area contributed by atoms with Crippen molar-refractivity contribution in [2.75, 3.05) is 0 Å². The van der Waals surface area contributed by atoms with E-state index in [1.807, 2.05) is 42.5 Å². The molecule has 2 aromatic heterocycles. The van der Waals surface area contributed by atoms with E-state index in [1.165, 1.54) is 16.9 Å². The van der Waals surface area contributed by atoms with Gasteiger partial charge in [-0.1, -0.05) is 39.7 Å². The molecule has 2 aromatic carbocycles. The summed E-state index contributed by atoms with van der Waals surface area (Å²) < 4.78 is 6.98. The van der Waals surface area contributed by atoms with E-state index in [1.54, 1.807) is 11.3 Å². The lowest BCUT2D eigenvalue weighted by atomic mass is 9.97. The Morgan fingerprint density at radius 3 is 2.77 bits per heavy atom. The summed E-state index contributed by atoms with van der Waals surface area (Å²) in [6, 6.07) is 13.3. The number of fused-ring (bicyclic) bond motifs is 3. The normalized spacial score (nSPS) is 13.4. The third-order valence-corrected chi connectivity index (χ3v) is 7.26. The van der Waals surface area contributed by atoms with Gasteiger partial charge in [0.2, 0.25) is 0 Å². The van der Waals surface area contributed by atoms with E-state index in [-0.39, 0.29) is 5.56 Å². The van der Waals surface area contributed by atoms with Crippen LogP contribution in [-0.2, 0) is 19.4 Å². The maximum atomic E-state index is 13.0. The van der Waals surface area contributed by atoms with E-state index >= 15 is 0 Å². The van der Waals surface area contributed by atoms with Crippen molar-refractivity contribution < 1.29 is 4.74 Å². The molecule has 30 heavy (non-hydrogen) atoms. The molecule has 2 heterocycles. The first-order chi connectivity index (χ1) is 14.6. The molecule has 5 rings (SSSR count). The lowest BCUT2D eigenvalue weighted by molar-refractivity contribution is 0.307. The minimum Gasteiger partial charge on any atom is -0.488 e. The van der Waals surface area contributed by atoms with Gasteiger partial charge in [-0.2, -0.15) is 0 Å². The summed E-state index contributed by atoms with van der Waals surface area (Å²) in [7, 11) is 0. The van der Waals surface area contributed by atoms with Crippen molar-refractivity contribution >= 4 is 49.1 Å². The number of benzene rings is 2. The molecule has 0 spiro atoms. The number of ether oxygens (including phenoxy) is 1. The molecule has 0 atom stereocenters. The molecule has 0 amide bonds. The van der Waals surface area contributed by atoms with Crippen LogP contribution in [0.15, 0.2) is 51.7 Å². The van der Waals surface area contributed by atoms with Crippen LogP contribution >= 0.6 is 38.9 Å². The number of hydrogen-bond donors (Lipinski definition) is 1. The van der Waals surface area contributed by atoms with Crippen molar-refractivity contribution in [3.05, 3.63) is 78.3 Å². The number of aromatic amines is 1. The first-order valence-electron chi connectivity index (χ1n) is 9.80. The molecule has 4 aromatic rings. The largest absolute Gasteiger partial charge is 0.488 e. The number of H-pyrrole nitrogens is 1. The average Bonchev–Trinajstić information content (AvgIpc) is 3.13. The van der Waals surface area contributed by atoms with E-state index < -0.39 is 0 Å². The van der Waals surface area contributed by atoms with Crippen LogP contribution in [0.5, 0.6) is 5.75 Å². The third kappa shape index (κ3) is 3.80. The average molecular weight is 502 g/mol. The smallest absolute Gasteiger partial charge is 0.260 e. The first-order valence-corrected chi connectivity index (χ1v) is 11.8. The van der Waals surface area contributed by atoms with E-state index in [0.29, 0.717) is 23.2 Å². The van der Waals surface area contributed by atoms with Gasteiger partial charge in [-0.3, -0.25) is 4.79 Å². The Morgan fingerprint density at radius 2 is 1.93 bits per heavy atom. The summed E-state index contributed by atoms with van der Waals surface area (Å²) in [6.07, 6.45) is 4.32. The topological polar surface area (TPSA) is 55.0 Å². The van der Waals surface area contributed by atoms with Gasteiger partial charge < -0.3 is 9.72 Å². The van der Waals surface area contributed by atoms with Gasteiger partial charge in [-0.25, -0.2) is 4.98 Å². The number of hydrogen-bond acceptors (Lipinski definition) is 4. The van der Waals surface area contributed by atoms with E-state index in [0.717, 1.165) is 45.1 Å². The minimum atomic E-state index is -0.0713. The van der Waals surface area contributed by atoms with Crippen LogP contribution in [0.1, 0.15) is 28.8 Å². The number of nitrogens with one attached hydrogen (secondary N) is 1. The second-order valence-electron chi connectivity index (χ2n) is 7.36. The summed E-state index contributed by atoms with van der Waals surface area (Å²) in [5.74, 6) is 1.19. The fourth-order valence-electron chi connectivity index (χ4n) is 3.85. The highest BCUT2D eigenvalue weighted by Gasteiger charge is 2.21. The van der Waals surface area contributed by atoms with Gasteiger partial charge in [-0.15, -0.1) is 11.3 Å². The second kappa shape index (κ2) is 8.17. The van der Waals surface area contributed by atoms with Gasteiger partial charge in [0.15, 0.2) is 0 Å². The minimum absolute atomic E-state index is 0.0713. The summed E-state index contributed by atoms with van der Waals surface area (Å²) in [5.41, 5.74) is 2.88. The van der Waals surface area contributed by atoms with Crippen molar-refractivity contribution in [1.82, 2.24) is 9.97 Å². The fraction of sp³-hybridized carbons (Fsp3) is 0.217. The van der Waals surface area contributed by atoms with Gasteiger partial charge in [0.1, 0.15) is 23.0 Å². The zero-order valence-electron chi connectivity index (χ0n) is 16.0. The molecule has 1 aliphatic carbocycles. The Balaban J connectivity index is 1.54. The molecule has 152 valence electrons. The molecule has 0 bridgehead atoms. The zero-order valence-corrected chi connectivity index (χ0v) is 19.2. The monoisotopic (exact) mass is 500 g/mol. The molecule has 1 N–H and O–H groups in total. The quantitative estimate of drug-likeness (QED) is 0.346. The number of rotatable bonds is 4. The third-order valence-electron chi connectivity index (χ3n) is 5.33. The zero-order chi connectivity index (χ0) is 20.7. The summed E-state index contributed by atoms with van der Waals surface area (Å²) >= 11 is 11.1. The van der Waals surface area contributed by atoms with Crippen LogP contribution in [0.2, 0.25) is 5.02 Å². The van der Waals surface area contributed by atoms with Gasteiger partial charge >= 0.3 is 0 Å². The number of nitrogens with zero attached hydrogens (tertiary/aromatic N) is 1. The molecule has 0 aliphatic heterocycles. The Morgan fingerprint density at radius 1 is 1.13 bits per heavy atom. The highest BCUT2D eigenvalue weighted by atomic mass is 79.9.